The van der Waals surface area contributed by atoms with E-state index >= 15 is 0 Å². The fraction of sp³-hybridized carbons (Fsp3) is 0.667. The summed E-state index contributed by atoms with van der Waals surface area (Å²) in [5.41, 5.74) is 1.20. The molecule has 1 aliphatic heterocycles. The molecular formula is C21H33N3O2. The number of ether oxygens (including phenoxy) is 2. The number of benzene rings is 1. The SMILES string of the molecule is CCOC1CCN(C(=NC)NCc2ccccc2OC2CCCC2)CC1. The molecule has 1 N–H and O–H groups in total. The molecule has 0 unspecified atom stereocenters. The smallest absolute Gasteiger partial charge is 0.193 e. The largest absolute Gasteiger partial charge is 0.490 e. The van der Waals surface area contributed by atoms with Crippen molar-refractivity contribution in [2.24, 2.45) is 4.99 Å². The Bertz CT molecular complexity index is 576. The van der Waals surface area contributed by atoms with Crippen LogP contribution in [0.1, 0.15) is 51.0 Å². The molecule has 1 heterocycles. The first kappa shape index (κ1) is 19.0. The number of nitrogens with zero attached hydrogens (tertiary/aromatic N) is 2. The first-order valence-electron chi connectivity index (χ1n) is 10.1. The molecule has 1 saturated carbocycles. The van der Waals surface area contributed by atoms with E-state index in [1.807, 2.05) is 7.05 Å². The monoisotopic (exact) mass is 359 g/mol. The summed E-state index contributed by atoms with van der Waals surface area (Å²) in [4.78, 5) is 6.81. The maximum atomic E-state index is 6.25. The minimum atomic E-state index is 0.382. The summed E-state index contributed by atoms with van der Waals surface area (Å²) in [6.07, 6.45) is 7.84. The fourth-order valence-corrected chi connectivity index (χ4v) is 3.93. The van der Waals surface area contributed by atoms with Crippen molar-refractivity contribution in [1.82, 2.24) is 10.2 Å². The van der Waals surface area contributed by atoms with E-state index in [-0.39, 0.29) is 0 Å². The van der Waals surface area contributed by atoms with E-state index < -0.39 is 0 Å². The highest BCUT2D eigenvalue weighted by Crippen LogP contribution is 2.26. The van der Waals surface area contributed by atoms with E-state index in [1.165, 1.54) is 31.2 Å². The molecule has 3 rings (SSSR count). The lowest BCUT2D eigenvalue weighted by atomic mass is 10.1. The van der Waals surface area contributed by atoms with Gasteiger partial charge in [-0.15, -0.1) is 0 Å². The van der Waals surface area contributed by atoms with Crippen LogP contribution in [0.15, 0.2) is 29.3 Å². The molecule has 1 aromatic rings. The summed E-state index contributed by atoms with van der Waals surface area (Å²) in [7, 11) is 1.86. The van der Waals surface area contributed by atoms with Crippen molar-refractivity contribution >= 4 is 5.96 Å². The van der Waals surface area contributed by atoms with E-state index in [0.29, 0.717) is 12.2 Å². The summed E-state index contributed by atoms with van der Waals surface area (Å²) in [5.74, 6) is 1.98. The summed E-state index contributed by atoms with van der Waals surface area (Å²) in [5, 5.41) is 3.52. The van der Waals surface area contributed by atoms with Gasteiger partial charge in [0.15, 0.2) is 5.96 Å². The van der Waals surface area contributed by atoms with E-state index in [9.17, 15) is 0 Å². The molecule has 0 radical (unpaired) electrons. The van der Waals surface area contributed by atoms with Gasteiger partial charge in [-0.1, -0.05) is 18.2 Å². The molecule has 26 heavy (non-hydrogen) atoms. The van der Waals surface area contributed by atoms with Gasteiger partial charge in [0.25, 0.3) is 0 Å². The lowest BCUT2D eigenvalue weighted by Gasteiger charge is -2.34. The minimum Gasteiger partial charge on any atom is -0.490 e. The maximum Gasteiger partial charge on any atom is 0.193 e. The van der Waals surface area contributed by atoms with Crippen LogP contribution in [0.3, 0.4) is 0 Å². The number of hydrogen-bond donors (Lipinski definition) is 1. The van der Waals surface area contributed by atoms with Gasteiger partial charge in [0.2, 0.25) is 0 Å². The molecule has 2 fully saturated rings. The van der Waals surface area contributed by atoms with Crippen LogP contribution in [-0.4, -0.2) is 49.8 Å². The van der Waals surface area contributed by atoms with Crippen molar-refractivity contribution in [2.45, 2.75) is 64.2 Å². The standard InChI is InChI=1S/C21H33N3O2/c1-3-25-18-12-14-24(15-13-18)21(22-2)23-16-17-8-4-7-11-20(17)26-19-9-5-6-10-19/h4,7-8,11,18-19H,3,5-6,9-10,12-16H2,1-2H3,(H,22,23). The summed E-state index contributed by atoms with van der Waals surface area (Å²) < 4.78 is 12.0. The Morgan fingerprint density at radius 1 is 1.12 bits per heavy atom. The van der Waals surface area contributed by atoms with Crippen LogP contribution < -0.4 is 10.1 Å². The Hall–Kier alpha value is -1.75. The zero-order chi connectivity index (χ0) is 18.2. The molecule has 1 aliphatic carbocycles. The summed E-state index contributed by atoms with van der Waals surface area (Å²) in [6.45, 7) is 5.59. The number of likely N-dealkylation sites (tertiary alicyclic amines) is 1. The number of aliphatic imine (C=N–C) groups is 1. The quantitative estimate of drug-likeness (QED) is 0.623. The van der Waals surface area contributed by atoms with Gasteiger partial charge >= 0.3 is 0 Å². The van der Waals surface area contributed by atoms with Crippen molar-refractivity contribution in [2.75, 3.05) is 26.7 Å². The van der Waals surface area contributed by atoms with Gasteiger partial charge < -0.3 is 19.7 Å². The molecule has 2 aliphatic rings. The van der Waals surface area contributed by atoms with Gasteiger partial charge in [-0.3, -0.25) is 4.99 Å². The van der Waals surface area contributed by atoms with E-state index in [2.05, 4.69) is 46.4 Å². The normalized spacial score (nSPS) is 19.8. The van der Waals surface area contributed by atoms with Crippen LogP contribution in [0.25, 0.3) is 0 Å². The summed E-state index contributed by atoms with van der Waals surface area (Å²) in [6, 6.07) is 8.37. The molecule has 1 aromatic carbocycles. The number of nitrogens with one attached hydrogen (secondary N) is 1. The number of rotatable bonds is 6. The van der Waals surface area contributed by atoms with Crippen LogP contribution >= 0.6 is 0 Å². The van der Waals surface area contributed by atoms with Gasteiger partial charge in [0.1, 0.15) is 5.75 Å². The van der Waals surface area contributed by atoms with Crippen LogP contribution in [0, 0.1) is 0 Å². The van der Waals surface area contributed by atoms with E-state index in [4.69, 9.17) is 9.47 Å². The molecule has 5 nitrogen and oxygen atoms in total. The van der Waals surface area contributed by atoms with Crippen molar-refractivity contribution in [3.8, 4) is 5.75 Å². The zero-order valence-corrected chi connectivity index (χ0v) is 16.2. The Morgan fingerprint density at radius 2 is 1.85 bits per heavy atom. The zero-order valence-electron chi connectivity index (χ0n) is 16.2. The Morgan fingerprint density at radius 3 is 2.54 bits per heavy atom. The third-order valence-electron chi connectivity index (χ3n) is 5.36. The average Bonchev–Trinajstić information content (AvgIpc) is 3.18. The highest BCUT2D eigenvalue weighted by atomic mass is 16.5. The van der Waals surface area contributed by atoms with E-state index in [0.717, 1.165) is 50.8 Å². The predicted octanol–water partition coefficient (Wildman–Crippen LogP) is 3.58. The Kier molecular flexibility index (Phi) is 7.18. The van der Waals surface area contributed by atoms with Gasteiger partial charge in [-0.05, 0) is 51.5 Å². The van der Waals surface area contributed by atoms with E-state index in [1.54, 1.807) is 0 Å². The number of hydrogen-bond acceptors (Lipinski definition) is 3. The van der Waals surface area contributed by atoms with Crippen LogP contribution in [0.4, 0.5) is 0 Å². The fourth-order valence-electron chi connectivity index (χ4n) is 3.93. The maximum absolute atomic E-state index is 6.25. The third kappa shape index (κ3) is 5.13. The highest BCUT2D eigenvalue weighted by Gasteiger charge is 2.22. The lowest BCUT2D eigenvalue weighted by molar-refractivity contribution is 0.0263. The van der Waals surface area contributed by atoms with Gasteiger partial charge in [-0.25, -0.2) is 0 Å². The molecular weight excluding hydrogens is 326 g/mol. The Labute approximate surface area is 157 Å². The highest BCUT2D eigenvalue weighted by molar-refractivity contribution is 5.80. The molecule has 0 aromatic heterocycles. The molecule has 1 saturated heterocycles. The number of para-hydroxylation sites is 1. The number of piperidine rings is 1. The molecule has 0 spiro atoms. The Balaban J connectivity index is 1.54. The van der Waals surface area contributed by atoms with Crippen molar-refractivity contribution in [3.63, 3.8) is 0 Å². The van der Waals surface area contributed by atoms with Gasteiger partial charge in [0.05, 0.1) is 12.2 Å². The molecule has 0 amide bonds. The molecule has 144 valence electrons. The van der Waals surface area contributed by atoms with Crippen LogP contribution in [0.2, 0.25) is 0 Å². The minimum absolute atomic E-state index is 0.382. The first-order chi connectivity index (χ1) is 12.8. The first-order valence-corrected chi connectivity index (χ1v) is 10.1. The summed E-state index contributed by atoms with van der Waals surface area (Å²) >= 11 is 0. The molecule has 0 bridgehead atoms. The second kappa shape index (κ2) is 9.81. The van der Waals surface area contributed by atoms with Crippen LogP contribution in [-0.2, 0) is 11.3 Å². The van der Waals surface area contributed by atoms with Gasteiger partial charge in [-0.2, -0.15) is 0 Å². The second-order valence-corrected chi connectivity index (χ2v) is 7.17. The third-order valence-corrected chi connectivity index (χ3v) is 5.36. The topological polar surface area (TPSA) is 46.1 Å². The molecule has 5 heteroatoms. The second-order valence-electron chi connectivity index (χ2n) is 7.17. The van der Waals surface area contributed by atoms with Crippen molar-refractivity contribution in [3.05, 3.63) is 29.8 Å². The van der Waals surface area contributed by atoms with Crippen molar-refractivity contribution < 1.29 is 9.47 Å². The van der Waals surface area contributed by atoms with Gasteiger partial charge in [0, 0.05) is 38.9 Å². The molecule has 0 atom stereocenters. The number of guanidine groups is 1. The lowest BCUT2D eigenvalue weighted by Crippen LogP contribution is -2.46. The average molecular weight is 360 g/mol. The van der Waals surface area contributed by atoms with Crippen molar-refractivity contribution in [1.29, 1.82) is 0 Å². The van der Waals surface area contributed by atoms with Crippen LogP contribution in [0.5, 0.6) is 5.75 Å². The predicted molar refractivity (Wildman–Crippen MR) is 106 cm³/mol.